The van der Waals surface area contributed by atoms with Crippen LogP contribution in [-0.2, 0) is 11.3 Å². The van der Waals surface area contributed by atoms with Crippen LogP contribution in [-0.4, -0.2) is 30.9 Å². The molecular weight excluding hydrogens is 226 g/mol. The molecule has 0 aliphatic carbocycles. The lowest BCUT2D eigenvalue weighted by atomic mass is 10.0. The molecule has 1 N–H and O–H groups in total. The molecule has 1 aromatic rings. The zero-order chi connectivity index (χ0) is 13.0. The van der Waals surface area contributed by atoms with Gasteiger partial charge in [0.25, 0.3) is 0 Å². The van der Waals surface area contributed by atoms with Gasteiger partial charge in [0.1, 0.15) is 0 Å². The first-order valence-corrected chi connectivity index (χ1v) is 6.81. The fraction of sp³-hybridized carbons (Fsp3) is 0.600. The molecule has 1 aromatic carbocycles. The Bertz CT molecular complexity index is 390. The van der Waals surface area contributed by atoms with Gasteiger partial charge >= 0.3 is 0 Å². The van der Waals surface area contributed by atoms with E-state index in [9.17, 15) is 5.11 Å². The molecule has 0 amide bonds. The molecule has 100 valence electrons. The summed E-state index contributed by atoms with van der Waals surface area (Å²) in [6.45, 7) is 7.10. The van der Waals surface area contributed by atoms with Crippen LogP contribution in [0.3, 0.4) is 0 Å². The van der Waals surface area contributed by atoms with Crippen molar-refractivity contribution in [2.24, 2.45) is 0 Å². The van der Waals surface area contributed by atoms with Crippen molar-refractivity contribution in [3.8, 4) is 0 Å². The summed E-state index contributed by atoms with van der Waals surface area (Å²) in [5.41, 5.74) is 3.42. The number of hydrogen-bond donors (Lipinski definition) is 1. The molecule has 2 rings (SSSR count). The van der Waals surface area contributed by atoms with Gasteiger partial charge in [-0.15, -0.1) is 0 Å². The molecule has 3 heteroatoms. The van der Waals surface area contributed by atoms with Gasteiger partial charge in [0.15, 0.2) is 0 Å². The van der Waals surface area contributed by atoms with E-state index in [1.54, 1.807) is 0 Å². The van der Waals surface area contributed by atoms with Gasteiger partial charge in [0.2, 0.25) is 0 Å². The molecule has 0 aromatic heterocycles. The highest BCUT2D eigenvalue weighted by Gasteiger charge is 2.20. The smallest absolute Gasteiger partial charge is 0.0750 e. The Morgan fingerprint density at radius 2 is 2.28 bits per heavy atom. The van der Waals surface area contributed by atoms with Gasteiger partial charge in [0, 0.05) is 25.4 Å². The summed E-state index contributed by atoms with van der Waals surface area (Å²) in [6.07, 6.45) is 2.71. The fourth-order valence-corrected chi connectivity index (χ4v) is 2.60. The third kappa shape index (κ3) is 3.03. The van der Waals surface area contributed by atoms with Crippen molar-refractivity contribution >= 4 is 5.69 Å². The molecule has 0 spiro atoms. The molecule has 1 fully saturated rings. The topological polar surface area (TPSA) is 32.7 Å². The zero-order valence-corrected chi connectivity index (χ0v) is 11.4. The number of piperidine rings is 1. The van der Waals surface area contributed by atoms with Gasteiger partial charge in [-0.25, -0.2) is 0 Å². The maximum absolute atomic E-state index is 9.20. The summed E-state index contributed by atoms with van der Waals surface area (Å²) in [4.78, 5) is 2.39. The van der Waals surface area contributed by atoms with E-state index in [2.05, 4.69) is 30.9 Å². The third-order valence-corrected chi connectivity index (χ3v) is 3.64. The van der Waals surface area contributed by atoms with E-state index in [0.29, 0.717) is 6.10 Å². The maximum Gasteiger partial charge on any atom is 0.0750 e. The summed E-state index contributed by atoms with van der Waals surface area (Å²) < 4.78 is 5.73. The van der Waals surface area contributed by atoms with Crippen molar-refractivity contribution in [1.29, 1.82) is 0 Å². The summed E-state index contributed by atoms with van der Waals surface area (Å²) in [6, 6.07) is 6.29. The van der Waals surface area contributed by atoms with Crippen LogP contribution in [0, 0.1) is 6.92 Å². The number of rotatable bonds is 4. The number of hydrogen-bond acceptors (Lipinski definition) is 3. The SMILES string of the molecule is CCOC1CCCN(c2ccc(CO)c(C)c2)C1. The van der Waals surface area contributed by atoms with Crippen LogP contribution in [0.5, 0.6) is 0 Å². The molecule has 18 heavy (non-hydrogen) atoms. The summed E-state index contributed by atoms with van der Waals surface area (Å²) in [5.74, 6) is 0. The third-order valence-electron chi connectivity index (χ3n) is 3.64. The van der Waals surface area contributed by atoms with Crippen molar-refractivity contribution in [2.45, 2.75) is 39.4 Å². The first kappa shape index (κ1) is 13.4. The summed E-state index contributed by atoms with van der Waals surface area (Å²) in [5, 5.41) is 9.20. The molecule has 1 atom stereocenters. The highest BCUT2D eigenvalue weighted by Crippen LogP contribution is 2.24. The second-order valence-electron chi connectivity index (χ2n) is 4.93. The van der Waals surface area contributed by atoms with Crippen molar-refractivity contribution in [3.63, 3.8) is 0 Å². The highest BCUT2D eigenvalue weighted by molar-refractivity contribution is 5.51. The first-order chi connectivity index (χ1) is 8.74. The van der Waals surface area contributed by atoms with E-state index in [4.69, 9.17) is 4.74 Å². The van der Waals surface area contributed by atoms with Crippen molar-refractivity contribution in [3.05, 3.63) is 29.3 Å². The Morgan fingerprint density at radius 1 is 1.44 bits per heavy atom. The van der Waals surface area contributed by atoms with Crippen molar-refractivity contribution in [2.75, 3.05) is 24.6 Å². The average molecular weight is 249 g/mol. The number of anilines is 1. The highest BCUT2D eigenvalue weighted by atomic mass is 16.5. The number of aliphatic hydroxyl groups is 1. The number of aryl methyl sites for hydroxylation is 1. The predicted molar refractivity (Wildman–Crippen MR) is 74.0 cm³/mol. The number of benzene rings is 1. The van der Waals surface area contributed by atoms with E-state index >= 15 is 0 Å². The second-order valence-corrected chi connectivity index (χ2v) is 4.93. The van der Waals surface area contributed by atoms with Gasteiger partial charge in [0.05, 0.1) is 12.7 Å². The predicted octanol–water partition coefficient (Wildman–Crippen LogP) is 2.49. The number of nitrogens with zero attached hydrogens (tertiary/aromatic N) is 1. The second kappa shape index (κ2) is 6.21. The summed E-state index contributed by atoms with van der Waals surface area (Å²) >= 11 is 0. The van der Waals surface area contributed by atoms with Gasteiger partial charge < -0.3 is 14.7 Å². The van der Waals surface area contributed by atoms with E-state index in [-0.39, 0.29) is 6.61 Å². The molecule has 1 unspecified atom stereocenters. The van der Waals surface area contributed by atoms with Crippen LogP contribution >= 0.6 is 0 Å². The minimum Gasteiger partial charge on any atom is -0.392 e. The van der Waals surface area contributed by atoms with E-state index in [1.165, 1.54) is 12.1 Å². The van der Waals surface area contributed by atoms with E-state index < -0.39 is 0 Å². The van der Waals surface area contributed by atoms with Gasteiger partial charge in [-0.3, -0.25) is 0 Å². The lowest BCUT2D eigenvalue weighted by Gasteiger charge is -2.34. The van der Waals surface area contributed by atoms with Gasteiger partial charge in [-0.05, 0) is 49.9 Å². The molecule has 1 aliphatic rings. The Morgan fingerprint density at radius 3 is 2.94 bits per heavy atom. The van der Waals surface area contributed by atoms with Crippen LogP contribution < -0.4 is 4.90 Å². The molecule has 3 nitrogen and oxygen atoms in total. The van der Waals surface area contributed by atoms with Crippen molar-refractivity contribution < 1.29 is 9.84 Å². The Kier molecular flexibility index (Phi) is 4.61. The number of aliphatic hydroxyl groups excluding tert-OH is 1. The Balaban J connectivity index is 2.08. The van der Waals surface area contributed by atoms with Crippen LogP contribution in [0.15, 0.2) is 18.2 Å². The minimum atomic E-state index is 0.119. The number of ether oxygens (including phenoxy) is 1. The molecular formula is C15H23NO2. The largest absolute Gasteiger partial charge is 0.392 e. The molecule has 0 saturated carbocycles. The molecule has 0 bridgehead atoms. The first-order valence-electron chi connectivity index (χ1n) is 6.81. The fourth-order valence-electron chi connectivity index (χ4n) is 2.60. The molecule has 0 radical (unpaired) electrons. The maximum atomic E-state index is 9.20. The normalized spacial score (nSPS) is 20.2. The molecule has 1 aliphatic heterocycles. The van der Waals surface area contributed by atoms with Gasteiger partial charge in [-0.1, -0.05) is 6.07 Å². The standard InChI is InChI=1S/C15H23NO2/c1-3-18-15-5-4-8-16(10-15)14-7-6-13(11-17)12(2)9-14/h6-7,9,15,17H,3-5,8,10-11H2,1-2H3. The minimum absolute atomic E-state index is 0.119. The van der Waals surface area contributed by atoms with Crippen LogP contribution in [0.4, 0.5) is 5.69 Å². The monoisotopic (exact) mass is 249 g/mol. The van der Waals surface area contributed by atoms with Crippen molar-refractivity contribution in [1.82, 2.24) is 0 Å². The zero-order valence-electron chi connectivity index (χ0n) is 11.4. The van der Waals surface area contributed by atoms with E-state index in [1.807, 2.05) is 6.07 Å². The lowest BCUT2D eigenvalue weighted by molar-refractivity contribution is 0.0526. The lowest BCUT2D eigenvalue weighted by Crippen LogP contribution is -2.39. The van der Waals surface area contributed by atoms with Crippen LogP contribution in [0.25, 0.3) is 0 Å². The average Bonchev–Trinajstić information content (AvgIpc) is 2.39. The molecule has 1 saturated heterocycles. The van der Waals surface area contributed by atoms with E-state index in [0.717, 1.165) is 37.2 Å². The molecule has 1 heterocycles. The Labute approximate surface area is 109 Å². The van der Waals surface area contributed by atoms with Gasteiger partial charge in [-0.2, -0.15) is 0 Å². The Hall–Kier alpha value is -1.06. The quantitative estimate of drug-likeness (QED) is 0.890. The van der Waals surface area contributed by atoms with Crippen LogP contribution in [0.2, 0.25) is 0 Å². The summed E-state index contributed by atoms with van der Waals surface area (Å²) in [7, 11) is 0. The van der Waals surface area contributed by atoms with Crippen LogP contribution in [0.1, 0.15) is 30.9 Å².